The molecule has 148 valence electrons. The minimum atomic E-state index is -4.72. The molecule has 0 bridgehead atoms. The Morgan fingerprint density at radius 1 is 1.00 bits per heavy atom. The third-order valence-corrected chi connectivity index (χ3v) is 4.75. The zero-order valence-corrected chi connectivity index (χ0v) is 14.7. The zero-order valence-electron chi connectivity index (χ0n) is 14.7. The number of primary amides is 1. The average Bonchev–Trinajstić information content (AvgIpc) is 2.96. The predicted octanol–water partition coefficient (Wildman–Crippen LogP) is 5.24. The second-order valence-corrected chi connectivity index (χ2v) is 6.63. The number of nitrogens with zero attached hydrogens (tertiary/aromatic N) is 1. The van der Waals surface area contributed by atoms with E-state index in [0.29, 0.717) is 22.4 Å². The van der Waals surface area contributed by atoms with Crippen LogP contribution >= 0.6 is 0 Å². The number of hydrogen-bond acceptors (Lipinski definition) is 1. The normalized spacial score (nSPS) is 12.0. The first-order valence-corrected chi connectivity index (χ1v) is 8.52. The average molecular weight is 404 g/mol. The Labute approximate surface area is 161 Å². The number of aromatic nitrogens is 1. The van der Waals surface area contributed by atoms with Crippen LogP contribution in [0.25, 0.3) is 21.8 Å². The summed E-state index contributed by atoms with van der Waals surface area (Å²) in [5.41, 5.74) is 4.97. The smallest absolute Gasteiger partial charge is 0.366 e. The summed E-state index contributed by atoms with van der Waals surface area (Å²) in [4.78, 5) is 11.9. The van der Waals surface area contributed by atoms with Crippen molar-refractivity contribution in [2.75, 3.05) is 0 Å². The zero-order chi connectivity index (χ0) is 20.9. The minimum absolute atomic E-state index is 0.00357. The van der Waals surface area contributed by atoms with Gasteiger partial charge in [0.05, 0.1) is 16.6 Å². The number of fused-ring (bicyclic) bond motifs is 3. The lowest BCUT2D eigenvalue weighted by molar-refractivity contribution is -0.137. The number of carbonyl (C=O) groups excluding carboxylic acids is 1. The Kier molecular flexibility index (Phi) is 4.29. The summed E-state index contributed by atoms with van der Waals surface area (Å²) in [6.07, 6.45) is -4.72. The molecule has 8 heteroatoms. The summed E-state index contributed by atoms with van der Waals surface area (Å²) in [5.74, 6) is -2.39. The molecule has 0 aliphatic carbocycles. The van der Waals surface area contributed by atoms with Crippen LogP contribution in [0.3, 0.4) is 0 Å². The van der Waals surface area contributed by atoms with Crippen molar-refractivity contribution in [3.8, 4) is 0 Å². The van der Waals surface area contributed by atoms with Crippen LogP contribution in [0.15, 0.2) is 54.6 Å². The number of para-hydroxylation sites is 1. The largest absolute Gasteiger partial charge is 0.416 e. The molecule has 0 atom stereocenters. The maximum Gasteiger partial charge on any atom is 0.416 e. The standard InChI is InChI=1S/C21H13F5N2O/c22-13-8-11(7-12(9-13)21(24,25)26)10-28-17-6-2-4-15(20(27)29)18(17)14-3-1-5-16(23)19(14)28/h1-9H,10H2,(H2,27,29). The van der Waals surface area contributed by atoms with Crippen LogP contribution in [-0.2, 0) is 12.7 Å². The van der Waals surface area contributed by atoms with Crippen molar-refractivity contribution in [2.45, 2.75) is 12.7 Å². The van der Waals surface area contributed by atoms with E-state index in [1.54, 1.807) is 18.2 Å². The monoisotopic (exact) mass is 404 g/mol. The van der Waals surface area contributed by atoms with Gasteiger partial charge in [-0.15, -0.1) is 0 Å². The molecule has 0 radical (unpaired) electrons. The van der Waals surface area contributed by atoms with Crippen LogP contribution in [0.5, 0.6) is 0 Å². The highest BCUT2D eigenvalue weighted by molar-refractivity contribution is 6.17. The molecule has 3 aromatic carbocycles. The molecule has 2 N–H and O–H groups in total. The van der Waals surface area contributed by atoms with Gasteiger partial charge in [-0.05, 0) is 42.0 Å². The molecule has 0 saturated carbocycles. The number of carbonyl (C=O) groups is 1. The van der Waals surface area contributed by atoms with Gasteiger partial charge in [0.1, 0.15) is 11.6 Å². The van der Waals surface area contributed by atoms with Gasteiger partial charge in [-0.25, -0.2) is 8.78 Å². The highest BCUT2D eigenvalue weighted by Crippen LogP contribution is 2.35. The summed E-state index contributed by atoms with van der Waals surface area (Å²) < 4.78 is 69.1. The molecule has 0 unspecified atom stereocenters. The van der Waals surface area contributed by atoms with Gasteiger partial charge in [0.15, 0.2) is 0 Å². The van der Waals surface area contributed by atoms with Crippen molar-refractivity contribution < 1.29 is 26.7 Å². The van der Waals surface area contributed by atoms with E-state index >= 15 is 0 Å². The lowest BCUT2D eigenvalue weighted by atomic mass is 10.1. The van der Waals surface area contributed by atoms with Gasteiger partial charge in [-0.3, -0.25) is 4.79 Å². The van der Waals surface area contributed by atoms with Gasteiger partial charge >= 0.3 is 6.18 Å². The Bertz CT molecular complexity index is 1270. The summed E-state index contributed by atoms with van der Waals surface area (Å²) in [6, 6.07) is 11.1. The van der Waals surface area contributed by atoms with Gasteiger partial charge in [0, 0.05) is 22.9 Å². The van der Waals surface area contributed by atoms with Crippen LogP contribution in [-0.4, -0.2) is 10.5 Å². The Morgan fingerprint density at radius 3 is 2.41 bits per heavy atom. The molecule has 4 aromatic rings. The fourth-order valence-corrected chi connectivity index (χ4v) is 3.62. The van der Waals surface area contributed by atoms with Crippen molar-refractivity contribution in [1.29, 1.82) is 0 Å². The van der Waals surface area contributed by atoms with E-state index in [1.807, 2.05) is 0 Å². The number of halogens is 5. The van der Waals surface area contributed by atoms with E-state index in [4.69, 9.17) is 5.73 Å². The van der Waals surface area contributed by atoms with Crippen molar-refractivity contribution in [3.63, 3.8) is 0 Å². The molecular formula is C21H13F5N2O. The first kappa shape index (κ1) is 18.9. The molecular weight excluding hydrogens is 391 g/mol. The quantitative estimate of drug-likeness (QED) is 0.467. The van der Waals surface area contributed by atoms with E-state index in [2.05, 4.69) is 0 Å². The highest BCUT2D eigenvalue weighted by Gasteiger charge is 2.31. The summed E-state index contributed by atoms with van der Waals surface area (Å²) >= 11 is 0. The third-order valence-electron chi connectivity index (χ3n) is 4.75. The van der Waals surface area contributed by atoms with E-state index in [-0.39, 0.29) is 23.2 Å². The van der Waals surface area contributed by atoms with Crippen LogP contribution in [0.4, 0.5) is 22.0 Å². The van der Waals surface area contributed by atoms with Crippen LogP contribution in [0.1, 0.15) is 21.5 Å². The molecule has 3 nitrogen and oxygen atoms in total. The first-order chi connectivity index (χ1) is 13.7. The number of nitrogens with two attached hydrogens (primary N) is 1. The SMILES string of the molecule is NC(=O)c1cccc2c1c1cccc(F)c1n2Cc1cc(F)cc(C(F)(F)F)c1. The van der Waals surface area contributed by atoms with Gasteiger partial charge in [-0.1, -0.05) is 18.2 Å². The number of benzene rings is 3. The highest BCUT2D eigenvalue weighted by atomic mass is 19.4. The Hall–Kier alpha value is -3.42. The van der Waals surface area contributed by atoms with Crippen molar-refractivity contribution in [2.24, 2.45) is 5.73 Å². The molecule has 0 fully saturated rings. The Morgan fingerprint density at radius 2 is 1.72 bits per heavy atom. The second-order valence-electron chi connectivity index (χ2n) is 6.63. The lowest BCUT2D eigenvalue weighted by Crippen LogP contribution is -2.11. The number of amides is 1. The number of rotatable bonds is 3. The molecule has 0 aliphatic rings. The van der Waals surface area contributed by atoms with E-state index in [0.717, 1.165) is 12.1 Å². The van der Waals surface area contributed by atoms with Gasteiger partial charge in [-0.2, -0.15) is 13.2 Å². The maximum atomic E-state index is 14.7. The molecule has 29 heavy (non-hydrogen) atoms. The van der Waals surface area contributed by atoms with Gasteiger partial charge in [0.2, 0.25) is 5.91 Å². The molecule has 4 rings (SSSR count). The number of hydrogen-bond donors (Lipinski definition) is 1. The van der Waals surface area contributed by atoms with Gasteiger partial charge in [0.25, 0.3) is 0 Å². The molecule has 1 heterocycles. The summed E-state index contributed by atoms with van der Waals surface area (Å²) in [6.45, 7) is -0.232. The Balaban J connectivity index is 2.01. The second kappa shape index (κ2) is 6.58. The van der Waals surface area contributed by atoms with Crippen LogP contribution in [0.2, 0.25) is 0 Å². The fourth-order valence-electron chi connectivity index (χ4n) is 3.62. The van der Waals surface area contributed by atoms with E-state index < -0.39 is 29.3 Å². The molecule has 1 aromatic heterocycles. The van der Waals surface area contributed by atoms with Gasteiger partial charge < -0.3 is 10.3 Å². The topological polar surface area (TPSA) is 48.0 Å². The summed E-state index contributed by atoms with van der Waals surface area (Å²) in [7, 11) is 0. The van der Waals surface area contributed by atoms with E-state index in [9.17, 15) is 26.7 Å². The predicted molar refractivity (Wildman–Crippen MR) is 98.4 cm³/mol. The minimum Gasteiger partial charge on any atom is -0.366 e. The van der Waals surface area contributed by atoms with Crippen LogP contribution in [0, 0.1) is 11.6 Å². The molecule has 0 spiro atoms. The molecule has 1 amide bonds. The van der Waals surface area contributed by atoms with Crippen molar-refractivity contribution >= 4 is 27.7 Å². The molecule has 0 saturated heterocycles. The van der Waals surface area contributed by atoms with Crippen LogP contribution < -0.4 is 5.73 Å². The lowest BCUT2D eigenvalue weighted by Gasteiger charge is -2.12. The number of alkyl halides is 3. The molecule has 0 aliphatic heterocycles. The first-order valence-electron chi connectivity index (χ1n) is 8.52. The van der Waals surface area contributed by atoms with Crippen molar-refractivity contribution in [1.82, 2.24) is 4.57 Å². The van der Waals surface area contributed by atoms with Crippen molar-refractivity contribution in [3.05, 3.63) is 82.9 Å². The van der Waals surface area contributed by atoms with E-state index in [1.165, 1.54) is 22.8 Å². The fraction of sp³-hybridized carbons (Fsp3) is 0.0952. The summed E-state index contributed by atoms with van der Waals surface area (Å²) in [5, 5.41) is 0.781. The maximum absolute atomic E-state index is 14.7. The third kappa shape index (κ3) is 3.20.